The first-order chi connectivity index (χ1) is 23.7. The fraction of sp³-hybridized carbons (Fsp3) is 0.0227. The normalized spacial score (nSPS) is 11.4. The van der Waals surface area contributed by atoms with Gasteiger partial charge in [0.05, 0.1) is 0 Å². The molecule has 0 aliphatic rings. The van der Waals surface area contributed by atoms with E-state index < -0.39 is 0 Å². The molecular weight excluding hydrogens is 587 g/mol. The van der Waals surface area contributed by atoms with Crippen molar-refractivity contribution in [3.8, 4) is 56.4 Å². The average molecular weight is 616 g/mol. The molecule has 2 aromatic heterocycles. The van der Waals surface area contributed by atoms with Crippen LogP contribution < -0.4 is 0 Å². The third-order valence-electron chi connectivity index (χ3n) is 8.99. The second-order valence-corrected chi connectivity index (χ2v) is 12.2. The first kappa shape index (κ1) is 27.9. The van der Waals surface area contributed by atoms with Crippen molar-refractivity contribution < 1.29 is 4.42 Å². The standard InChI is InChI=1S/C44H29N3O/c1-28-17-19-30(20-18-28)33-13-7-14-34(25-33)42-45-43(35-22-21-29-9-5-6-12-32(29)26-35)47-44(46-42)36-23-24-38-40(27-36)48-39-16-8-15-37(41(38)39)31-10-3-2-4-11-31/h2-27H,1H3. The van der Waals surface area contributed by atoms with E-state index in [1.165, 1.54) is 10.9 Å². The largest absolute Gasteiger partial charge is 0.456 e. The Labute approximate surface area is 278 Å². The van der Waals surface area contributed by atoms with Gasteiger partial charge in [-0.3, -0.25) is 0 Å². The van der Waals surface area contributed by atoms with Crippen LogP contribution in [0.4, 0.5) is 0 Å². The molecule has 0 fully saturated rings. The first-order valence-corrected chi connectivity index (χ1v) is 16.1. The highest BCUT2D eigenvalue weighted by Crippen LogP contribution is 2.38. The number of aryl methyl sites for hydroxylation is 1. The summed E-state index contributed by atoms with van der Waals surface area (Å²) in [6.07, 6.45) is 0. The van der Waals surface area contributed by atoms with Gasteiger partial charge >= 0.3 is 0 Å². The zero-order valence-electron chi connectivity index (χ0n) is 26.3. The van der Waals surface area contributed by atoms with Crippen molar-refractivity contribution in [2.45, 2.75) is 6.92 Å². The average Bonchev–Trinajstić information content (AvgIpc) is 3.53. The van der Waals surface area contributed by atoms with Crippen molar-refractivity contribution in [1.29, 1.82) is 0 Å². The van der Waals surface area contributed by atoms with E-state index >= 15 is 0 Å². The Kier molecular flexibility index (Phi) is 6.65. The summed E-state index contributed by atoms with van der Waals surface area (Å²) in [6.45, 7) is 2.10. The molecule has 0 atom stereocenters. The number of nitrogens with zero attached hydrogens (tertiary/aromatic N) is 3. The summed E-state index contributed by atoms with van der Waals surface area (Å²) in [7, 11) is 0. The Morgan fingerprint density at radius 1 is 0.396 bits per heavy atom. The van der Waals surface area contributed by atoms with Crippen LogP contribution in [0.15, 0.2) is 162 Å². The van der Waals surface area contributed by atoms with Crippen LogP contribution in [-0.4, -0.2) is 15.0 Å². The summed E-state index contributed by atoms with van der Waals surface area (Å²) >= 11 is 0. The Bertz CT molecular complexity index is 2620. The summed E-state index contributed by atoms with van der Waals surface area (Å²) in [4.78, 5) is 15.2. The van der Waals surface area contributed by atoms with Crippen molar-refractivity contribution in [2.24, 2.45) is 0 Å². The van der Waals surface area contributed by atoms with Gasteiger partial charge in [-0.05, 0) is 70.3 Å². The molecule has 0 aliphatic heterocycles. The zero-order valence-corrected chi connectivity index (χ0v) is 26.3. The summed E-state index contributed by atoms with van der Waals surface area (Å²) in [6, 6.07) is 54.6. The van der Waals surface area contributed by atoms with E-state index in [9.17, 15) is 0 Å². The molecule has 7 aromatic carbocycles. The molecule has 2 heterocycles. The lowest BCUT2D eigenvalue weighted by atomic mass is 9.99. The summed E-state index contributed by atoms with van der Waals surface area (Å²) in [5.74, 6) is 1.83. The number of hydrogen-bond acceptors (Lipinski definition) is 4. The minimum absolute atomic E-state index is 0.592. The van der Waals surface area contributed by atoms with E-state index in [4.69, 9.17) is 19.4 Å². The highest BCUT2D eigenvalue weighted by Gasteiger charge is 2.17. The molecule has 0 saturated carbocycles. The van der Waals surface area contributed by atoms with Gasteiger partial charge in [-0.1, -0.05) is 133 Å². The molecule has 0 aliphatic carbocycles. The van der Waals surface area contributed by atoms with E-state index in [0.717, 1.165) is 66.3 Å². The Balaban J connectivity index is 1.21. The summed E-state index contributed by atoms with van der Waals surface area (Å²) in [5.41, 5.74) is 10.2. The number of hydrogen-bond donors (Lipinski definition) is 0. The molecule has 0 radical (unpaired) electrons. The highest BCUT2D eigenvalue weighted by atomic mass is 16.3. The van der Waals surface area contributed by atoms with E-state index in [1.807, 2.05) is 18.2 Å². The second kappa shape index (κ2) is 11.4. The Morgan fingerprint density at radius 2 is 1.00 bits per heavy atom. The fourth-order valence-electron chi connectivity index (χ4n) is 6.50. The molecule has 4 nitrogen and oxygen atoms in total. The lowest BCUT2D eigenvalue weighted by Crippen LogP contribution is -2.00. The maximum atomic E-state index is 6.46. The van der Waals surface area contributed by atoms with Crippen LogP contribution >= 0.6 is 0 Å². The van der Waals surface area contributed by atoms with Crippen molar-refractivity contribution in [3.63, 3.8) is 0 Å². The quantitative estimate of drug-likeness (QED) is 0.193. The minimum Gasteiger partial charge on any atom is -0.456 e. The predicted octanol–water partition coefficient (Wildman–Crippen LogP) is 11.6. The monoisotopic (exact) mass is 615 g/mol. The molecule has 0 N–H and O–H groups in total. The van der Waals surface area contributed by atoms with Crippen LogP contribution in [0.25, 0.3) is 89.1 Å². The van der Waals surface area contributed by atoms with E-state index in [-0.39, 0.29) is 0 Å². The van der Waals surface area contributed by atoms with Gasteiger partial charge in [-0.15, -0.1) is 0 Å². The molecule has 0 spiro atoms. The van der Waals surface area contributed by atoms with Crippen LogP contribution in [0, 0.1) is 6.92 Å². The van der Waals surface area contributed by atoms with Gasteiger partial charge in [-0.2, -0.15) is 0 Å². The van der Waals surface area contributed by atoms with Crippen LogP contribution in [0.2, 0.25) is 0 Å². The number of fused-ring (bicyclic) bond motifs is 4. The number of furan rings is 1. The lowest BCUT2D eigenvalue weighted by molar-refractivity contribution is 0.669. The van der Waals surface area contributed by atoms with Gasteiger partial charge in [0.2, 0.25) is 0 Å². The number of rotatable bonds is 5. The van der Waals surface area contributed by atoms with E-state index in [2.05, 4.69) is 146 Å². The molecule has 0 saturated heterocycles. The van der Waals surface area contributed by atoms with Gasteiger partial charge in [0.1, 0.15) is 11.2 Å². The van der Waals surface area contributed by atoms with Gasteiger partial charge in [0, 0.05) is 27.5 Å². The Morgan fingerprint density at radius 3 is 1.79 bits per heavy atom. The molecule has 9 aromatic rings. The number of benzene rings is 7. The zero-order chi connectivity index (χ0) is 32.0. The smallest absolute Gasteiger partial charge is 0.164 e. The van der Waals surface area contributed by atoms with Crippen LogP contribution in [0.5, 0.6) is 0 Å². The maximum Gasteiger partial charge on any atom is 0.164 e. The topological polar surface area (TPSA) is 51.8 Å². The number of aromatic nitrogens is 3. The van der Waals surface area contributed by atoms with Gasteiger partial charge in [0.25, 0.3) is 0 Å². The van der Waals surface area contributed by atoms with Gasteiger partial charge in [0.15, 0.2) is 17.5 Å². The third kappa shape index (κ3) is 5.01. The SMILES string of the molecule is Cc1ccc(-c2cccc(-c3nc(-c4ccc5ccccc5c4)nc(-c4ccc5c(c4)oc4cccc(-c6ccccc6)c45)n3)c2)cc1. The molecule has 0 unspecified atom stereocenters. The minimum atomic E-state index is 0.592. The molecule has 0 bridgehead atoms. The third-order valence-corrected chi connectivity index (χ3v) is 8.99. The Hall–Kier alpha value is -6.39. The molecular formula is C44H29N3O. The summed E-state index contributed by atoms with van der Waals surface area (Å²) < 4.78 is 6.46. The molecule has 48 heavy (non-hydrogen) atoms. The van der Waals surface area contributed by atoms with E-state index in [0.29, 0.717) is 17.5 Å². The lowest BCUT2D eigenvalue weighted by Gasteiger charge is -2.10. The van der Waals surface area contributed by atoms with Crippen LogP contribution in [0.1, 0.15) is 5.56 Å². The van der Waals surface area contributed by atoms with Crippen molar-refractivity contribution in [1.82, 2.24) is 15.0 Å². The maximum absolute atomic E-state index is 6.46. The predicted molar refractivity (Wildman–Crippen MR) is 197 cm³/mol. The second-order valence-electron chi connectivity index (χ2n) is 12.2. The van der Waals surface area contributed by atoms with Crippen molar-refractivity contribution >= 4 is 32.7 Å². The molecule has 9 rings (SSSR count). The highest BCUT2D eigenvalue weighted by molar-refractivity contribution is 6.13. The van der Waals surface area contributed by atoms with Gasteiger partial charge in [-0.25, -0.2) is 15.0 Å². The molecule has 4 heteroatoms. The fourth-order valence-corrected chi connectivity index (χ4v) is 6.50. The van der Waals surface area contributed by atoms with Crippen molar-refractivity contribution in [2.75, 3.05) is 0 Å². The molecule has 0 amide bonds. The first-order valence-electron chi connectivity index (χ1n) is 16.1. The van der Waals surface area contributed by atoms with E-state index in [1.54, 1.807) is 0 Å². The summed E-state index contributed by atoms with van der Waals surface area (Å²) in [5, 5.41) is 4.47. The molecule has 226 valence electrons. The van der Waals surface area contributed by atoms with Crippen LogP contribution in [0.3, 0.4) is 0 Å². The van der Waals surface area contributed by atoms with Gasteiger partial charge < -0.3 is 4.42 Å². The van der Waals surface area contributed by atoms with Crippen LogP contribution in [-0.2, 0) is 0 Å². The van der Waals surface area contributed by atoms with Crippen molar-refractivity contribution in [3.05, 3.63) is 163 Å².